The molecule has 0 bridgehead atoms. The second-order valence-electron chi connectivity index (χ2n) is 4.67. The first-order valence-corrected chi connectivity index (χ1v) is 6.24. The van der Waals surface area contributed by atoms with Crippen molar-refractivity contribution in [1.29, 1.82) is 0 Å². The van der Waals surface area contributed by atoms with Crippen molar-refractivity contribution in [3.63, 3.8) is 0 Å². The summed E-state index contributed by atoms with van der Waals surface area (Å²) < 4.78 is 3.85. The maximum absolute atomic E-state index is 12.4. The average Bonchev–Trinajstić information content (AvgIpc) is 2.95. The molecule has 0 atom stereocenters. The highest BCUT2D eigenvalue weighted by atomic mass is 16.2. The Kier molecular flexibility index (Phi) is 2.83. The first-order chi connectivity index (χ1) is 10.1. The summed E-state index contributed by atoms with van der Waals surface area (Å²) >= 11 is 0. The number of carbonyl (C=O) groups is 1. The van der Waals surface area contributed by atoms with Crippen LogP contribution in [0.2, 0.25) is 0 Å². The Morgan fingerprint density at radius 1 is 1.10 bits per heavy atom. The summed E-state index contributed by atoms with van der Waals surface area (Å²) in [5.41, 5.74) is 0.629. The molecule has 106 valence electrons. The lowest BCUT2D eigenvalue weighted by molar-refractivity contribution is 0.112. The van der Waals surface area contributed by atoms with Gasteiger partial charge in [-0.05, 0) is 12.1 Å². The van der Waals surface area contributed by atoms with Gasteiger partial charge in [-0.1, -0.05) is 12.1 Å². The highest BCUT2D eigenvalue weighted by Gasteiger charge is 2.16. The monoisotopic (exact) mass is 284 g/mol. The Morgan fingerprint density at radius 2 is 1.81 bits per heavy atom. The van der Waals surface area contributed by atoms with E-state index in [0.29, 0.717) is 17.5 Å². The molecule has 2 heterocycles. The van der Waals surface area contributed by atoms with Gasteiger partial charge in [0.2, 0.25) is 0 Å². The third kappa shape index (κ3) is 1.74. The molecule has 0 saturated heterocycles. The zero-order valence-electron chi connectivity index (χ0n) is 11.5. The van der Waals surface area contributed by atoms with Gasteiger partial charge in [0.15, 0.2) is 17.5 Å². The number of benzene rings is 1. The predicted molar refractivity (Wildman–Crippen MR) is 76.9 cm³/mol. The van der Waals surface area contributed by atoms with E-state index in [2.05, 4.69) is 4.98 Å². The van der Waals surface area contributed by atoms with E-state index in [1.807, 2.05) is 0 Å². The van der Waals surface area contributed by atoms with Gasteiger partial charge in [0.25, 0.3) is 5.56 Å². The highest BCUT2D eigenvalue weighted by Crippen LogP contribution is 2.16. The number of carbonyl (C=O) groups excluding carboxylic acids is 1. The lowest BCUT2D eigenvalue weighted by Gasteiger charge is -2.08. The maximum Gasteiger partial charge on any atom is 0.332 e. The van der Waals surface area contributed by atoms with E-state index in [1.54, 1.807) is 31.3 Å². The van der Waals surface area contributed by atoms with E-state index in [4.69, 9.17) is 0 Å². The summed E-state index contributed by atoms with van der Waals surface area (Å²) in [5, 5.41) is 0. The predicted octanol–water partition coefficient (Wildman–Crippen LogP) is 0.235. The van der Waals surface area contributed by atoms with Crippen LogP contribution >= 0.6 is 0 Å². The average molecular weight is 284 g/mol. The SMILES string of the molecule is Cn1c(=O)c2c(ncn2-c2ccccc2C=O)n(C)c1=O. The Bertz CT molecular complexity index is 978. The largest absolute Gasteiger partial charge is 0.332 e. The molecular formula is C14H12N4O3. The van der Waals surface area contributed by atoms with Gasteiger partial charge in [-0.15, -0.1) is 0 Å². The standard InChI is InChI=1S/C14H12N4O3/c1-16-12-11(13(20)17(2)14(16)21)18(8-15-12)10-6-4-3-5-9(10)7-19/h3-8H,1-2H3. The van der Waals surface area contributed by atoms with Gasteiger partial charge in [0.1, 0.15) is 6.33 Å². The van der Waals surface area contributed by atoms with Crippen LogP contribution in [0.3, 0.4) is 0 Å². The number of aromatic nitrogens is 4. The minimum Gasteiger partial charge on any atom is -0.298 e. The molecule has 0 amide bonds. The summed E-state index contributed by atoms with van der Waals surface area (Å²) in [7, 11) is 2.96. The smallest absolute Gasteiger partial charge is 0.298 e. The van der Waals surface area contributed by atoms with Gasteiger partial charge >= 0.3 is 5.69 Å². The fraction of sp³-hybridized carbons (Fsp3) is 0.143. The third-order valence-corrected chi connectivity index (χ3v) is 3.47. The van der Waals surface area contributed by atoms with Crippen LogP contribution in [0, 0.1) is 0 Å². The number of rotatable bonds is 2. The van der Waals surface area contributed by atoms with Crippen molar-refractivity contribution < 1.29 is 4.79 Å². The number of nitrogens with zero attached hydrogens (tertiary/aromatic N) is 4. The zero-order valence-corrected chi connectivity index (χ0v) is 11.5. The Morgan fingerprint density at radius 3 is 2.52 bits per heavy atom. The molecule has 0 aliphatic carbocycles. The maximum atomic E-state index is 12.4. The van der Waals surface area contributed by atoms with Crippen LogP contribution in [0.15, 0.2) is 40.2 Å². The van der Waals surface area contributed by atoms with Crippen molar-refractivity contribution in [2.75, 3.05) is 0 Å². The molecule has 0 aliphatic heterocycles. The Hall–Kier alpha value is -2.96. The number of para-hydroxylation sites is 1. The van der Waals surface area contributed by atoms with E-state index in [0.717, 1.165) is 4.57 Å². The molecule has 0 spiro atoms. The van der Waals surface area contributed by atoms with Crippen LogP contribution in [0.4, 0.5) is 0 Å². The van der Waals surface area contributed by atoms with Crippen molar-refractivity contribution in [3.8, 4) is 5.69 Å². The normalized spacial score (nSPS) is 11.0. The van der Waals surface area contributed by atoms with E-state index >= 15 is 0 Å². The van der Waals surface area contributed by atoms with Gasteiger partial charge in [0, 0.05) is 19.7 Å². The van der Waals surface area contributed by atoms with Crippen LogP contribution in [0.25, 0.3) is 16.9 Å². The van der Waals surface area contributed by atoms with E-state index in [1.165, 1.54) is 22.5 Å². The number of fused-ring (bicyclic) bond motifs is 1. The molecule has 1 aromatic carbocycles. The number of hydrogen-bond donors (Lipinski definition) is 0. The summed E-state index contributed by atoms with van der Waals surface area (Å²) in [6.45, 7) is 0. The third-order valence-electron chi connectivity index (χ3n) is 3.47. The number of imidazole rings is 1. The first-order valence-electron chi connectivity index (χ1n) is 6.24. The Balaban J connectivity index is 2.49. The fourth-order valence-electron chi connectivity index (χ4n) is 2.33. The minimum atomic E-state index is -0.452. The van der Waals surface area contributed by atoms with Crippen LogP contribution < -0.4 is 11.2 Å². The van der Waals surface area contributed by atoms with Gasteiger partial charge in [-0.2, -0.15) is 0 Å². The van der Waals surface area contributed by atoms with Crippen molar-refractivity contribution in [2.24, 2.45) is 14.1 Å². The summed E-state index contributed by atoms with van der Waals surface area (Å²) in [6.07, 6.45) is 2.15. The molecule has 7 nitrogen and oxygen atoms in total. The van der Waals surface area contributed by atoms with Gasteiger partial charge in [-0.3, -0.25) is 23.3 Å². The van der Waals surface area contributed by atoms with E-state index in [9.17, 15) is 14.4 Å². The zero-order chi connectivity index (χ0) is 15.1. The molecular weight excluding hydrogens is 272 g/mol. The molecule has 0 aliphatic rings. The van der Waals surface area contributed by atoms with Gasteiger partial charge < -0.3 is 0 Å². The van der Waals surface area contributed by atoms with Gasteiger partial charge in [0.05, 0.1) is 5.69 Å². The quantitative estimate of drug-likeness (QED) is 0.631. The van der Waals surface area contributed by atoms with Crippen molar-refractivity contribution in [1.82, 2.24) is 18.7 Å². The van der Waals surface area contributed by atoms with Crippen molar-refractivity contribution >= 4 is 17.5 Å². The topological polar surface area (TPSA) is 78.9 Å². The van der Waals surface area contributed by atoms with Gasteiger partial charge in [-0.25, -0.2) is 9.78 Å². The van der Waals surface area contributed by atoms with Crippen LogP contribution in [0.1, 0.15) is 10.4 Å². The molecule has 0 fully saturated rings. The van der Waals surface area contributed by atoms with Crippen molar-refractivity contribution in [2.45, 2.75) is 0 Å². The van der Waals surface area contributed by atoms with E-state index < -0.39 is 11.2 Å². The summed E-state index contributed by atoms with van der Waals surface area (Å²) in [5.74, 6) is 0. The second kappa shape index (κ2) is 4.55. The molecule has 3 aromatic rings. The summed E-state index contributed by atoms with van der Waals surface area (Å²) in [6, 6.07) is 6.87. The van der Waals surface area contributed by atoms with E-state index in [-0.39, 0.29) is 11.2 Å². The molecule has 7 heteroatoms. The molecule has 2 aromatic heterocycles. The molecule has 0 unspecified atom stereocenters. The second-order valence-corrected chi connectivity index (χ2v) is 4.67. The molecule has 0 saturated carbocycles. The highest BCUT2D eigenvalue weighted by molar-refractivity contribution is 5.83. The van der Waals surface area contributed by atoms with Crippen LogP contribution in [0.5, 0.6) is 0 Å². The molecule has 0 radical (unpaired) electrons. The van der Waals surface area contributed by atoms with Crippen LogP contribution in [-0.2, 0) is 14.1 Å². The minimum absolute atomic E-state index is 0.258. The summed E-state index contributed by atoms with van der Waals surface area (Å²) in [4.78, 5) is 39.5. The Labute approximate surface area is 118 Å². The van der Waals surface area contributed by atoms with Crippen LogP contribution in [-0.4, -0.2) is 25.0 Å². The molecule has 21 heavy (non-hydrogen) atoms. The van der Waals surface area contributed by atoms with Crippen molar-refractivity contribution in [3.05, 3.63) is 57.0 Å². The first kappa shape index (κ1) is 13.0. The number of hydrogen-bond acceptors (Lipinski definition) is 4. The number of aldehydes is 1. The fourth-order valence-corrected chi connectivity index (χ4v) is 2.33. The molecule has 3 rings (SSSR count). The number of aryl methyl sites for hydroxylation is 1. The molecule has 0 N–H and O–H groups in total. The lowest BCUT2D eigenvalue weighted by atomic mass is 10.2. The lowest BCUT2D eigenvalue weighted by Crippen LogP contribution is -2.37.